The zero-order valence-corrected chi connectivity index (χ0v) is 7.79. The minimum absolute atomic E-state index is 0.0383. The smallest absolute Gasteiger partial charge is 0.246 e. The number of rotatable bonds is 3. The van der Waals surface area contributed by atoms with Crippen LogP contribution in [-0.4, -0.2) is 37.9 Å². The normalized spacial score (nSPS) is 36.5. The van der Waals surface area contributed by atoms with Crippen LogP contribution in [-0.2, 0) is 14.3 Å². The molecule has 0 aromatic carbocycles. The molecule has 0 aromatic rings. The van der Waals surface area contributed by atoms with Gasteiger partial charge in [-0.1, -0.05) is 0 Å². The van der Waals surface area contributed by atoms with Gasteiger partial charge in [-0.3, -0.25) is 4.79 Å². The zero-order chi connectivity index (χ0) is 9.26. The quantitative estimate of drug-likeness (QED) is 0.676. The number of carbonyl (C=O) groups excluding carboxylic acids is 1. The maximum absolute atomic E-state index is 11.2. The van der Waals surface area contributed by atoms with Crippen LogP contribution in [0.4, 0.5) is 0 Å². The Morgan fingerprint density at radius 3 is 3.00 bits per heavy atom. The number of ether oxygens (including phenoxy) is 2. The number of nitrogens with one attached hydrogen (secondary N) is 1. The molecular formula is C9H15NO3. The average molecular weight is 185 g/mol. The molecule has 1 N–H and O–H groups in total. The highest BCUT2D eigenvalue weighted by molar-refractivity contribution is 5.77. The molecule has 2 rings (SSSR count). The highest BCUT2D eigenvalue weighted by Crippen LogP contribution is 2.34. The van der Waals surface area contributed by atoms with Gasteiger partial charge in [0.1, 0.15) is 6.61 Å². The fraction of sp³-hybridized carbons (Fsp3) is 0.889. The maximum Gasteiger partial charge on any atom is 0.246 e. The third-order valence-corrected chi connectivity index (χ3v) is 2.73. The lowest BCUT2D eigenvalue weighted by Crippen LogP contribution is -2.42. The van der Waals surface area contributed by atoms with E-state index in [0.717, 1.165) is 19.3 Å². The molecular weight excluding hydrogens is 170 g/mol. The van der Waals surface area contributed by atoms with Gasteiger partial charge < -0.3 is 14.8 Å². The van der Waals surface area contributed by atoms with Crippen LogP contribution in [0.15, 0.2) is 0 Å². The second-order valence-corrected chi connectivity index (χ2v) is 3.72. The van der Waals surface area contributed by atoms with E-state index in [1.165, 1.54) is 7.11 Å². The molecule has 2 heterocycles. The number of methoxy groups -OCH3 is 1. The summed E-state index contributed by atoms with van der Waals surface area (Å²) in [6.07, 6.45) is 3.85. The molecule has 0 aliphatic carbocycles. The third-order valence-electron chi connectivity index (χ3n) is 2.73. The summed E-state index contributed by atoms with van der Waals surface area (Å²) in [6.45, 7) is 0.147. The van der Waals surface area contributed by atoms with Gasteiger partial charge in [0.25, 0.3) is 0 Å². The van der Waals surface area contributed by atoms with E-state index < -0.39 is 0 Å². The van der Waals surface area contributed by atoms with Gasteiger partial charge >= 0.3 is 0 Å². The Balaban J connectivity index is 1.79. The van der Waals surface area contributed by atoms with Crippen LogP contribution < -0.4 is 5.32 Å². The SMILES string of the molecule is COCC(=O)NC1CC2CCC1O2. The van der Waals surface area contributed by atoms with Crippen LogP contribution in [0.1, 0.15) is 19.3 Å². The summed E-state index contributed by atoms with van der Waals surface area (Å²) in [7, 11) is 1.52. The minimum Gasteiger partial charge on any atom is -0.375 e. The largest absolute Gasteiger partial charge is 0.375 e. The Morgan fingerprint density at radius 1 is 1.62 bits per heavy atom. The number of carbonyl (C=O) groups is 1. The van der Waals surface area contributed by atoms with Crippen LogP contribution in [0.25, 0.3) is 0 Å². The summed E-state index contributed by atoms with van der Waals surface area (Å²) in [5.74, 6) is -0.0383. The molecule has 4 heteroatoms. The second-order valence-electron chi connectivity index (χ2n) is 3.72. The number of hydrogen-bond donors (Lipinski definition) is 1. The molecule has 0 radical (unpaired) electrons. The van der Waals surface area contributed by atoms with Crippen molar-refractivity contribution in [2.24, 2.45) is 0 Å². The third kappa shape index (κ3) is 1.84. The van der Waals surface area contributed by atoms with Gasteiger partial charge in [0.15, 0.2) is 0 Å². The summed E-state index contributed by atoms with van der Waals surface area (Å²) >= 11 is 0. The van der Waals surface area contributed by atoms with Gasteiger partial charge in [0, 0.05) is 7.11 Å². The zero-order valence-electron chi connectivity index (χ0n) is 7.79. The first-order valence-corrected chi connectivity index (χ1v) is 4.73. The summed E-state index contributed by atoms with van der Waals surface area (Å²) in [6, 6.07) is 0.224. The molecule has 2 fully saturated rings. The topological polar surface area (TPSA) is 47.6 Å². The molecule has 4 nitrogen and oxygen atoms in total. The van der Waals surface area contributed by atoms with Crippen molar-refractivity contribution in [1.29, 1.82) is 0 Å². The van der Waals surface area contributed by atoms with Gasteiger partial charge in [0.2, 0.25) is 5.91 Å². The Hall–Kier alpha value is -0.610. The van der Waals surface area contributed by atoms with Gasteiger partial charge in [0.05, 0.1) is 18.2 Å². The molecule has 3 unspecified atom stereocenters. The average Bonchev–Trinajstić information content (AvgIpc) is 2.65. The molecule has 0 saturated carbocycles. The summed E-state index contributed by atoms with van der Waals surface area (Å²) < 4.78 is 10.3. The molecule has 2 aliphatic rings. The first-order valence-electron chi connectivity index (χ1n) is 4.73. The lowest BCUT2D eigenvalue weighted by molar-refractivity contribution is -0.125. The van der Waals surface area contributed by atoms with E-state index in [1.807, 2.05) is 0 Å². The molecule has 2 saturated heterocycles. The number of amides is 1. The lowest BCUT2D eigenvalue weighted by atomic mass is 9.95. The highest BCUT2D eigenvalue weighted by atomic mass is 16.5. The molecule has 2 aliphatic heterocycles. The van der Waals surface area contributed by atoms with E-state index in [1.54, 1.807) is 0 Å². The van der Waals surface area contributed by atoms with Crippen molar-refractivity contribution >= 4 is 5.91 Å². The molecule has 2 bridgehead atoms. The summed E-state index contributed by atoms with van der Waals surface area (Å²) in [5, 5.41) is 2.92. The van der Waals surface area contributed by atoms with E-state index in [2.05, 4.69) is 5.32 Å². The molecule has 3 atom stereocenters. The van der Waals surface area contributed by atoms with Crippen molar-refractivity contribution in [3.8, 4) is 0 Å². The highest BCUT2D eigenvalue weighted by Gasteiger charge is 2.41. The standard InChI is InChI=1S/C9H15NO3/c1-12-5-9(11)10-7-4-6-2-3-8(7)13-6/h6-8H,2-5H2,1H3,(H,10,11). The first kappa shape index (κ1) is 8.97. The van der Waals surface area contributed by atoms with Crippen molar-refractivity contribution in [1.82, 2.24) is 5.32 Å². The predicted molar refractivity (Wildman–Crippen MR) is 46.3 cm³/mol. The van der Waals surface area contributed by atoms with Gasteiger partial charge in [-0.05, 0) is 19.3 Å². The van der Waals surface area contributed by atoms with E-state index in [9.17, 15) is 4.79 Å². The van der Waals surface area contributed by atoms with Crippen LogP contribution in [0.3, 0.4) is 0 Å². The molecule has 1 amide bonds. The van der Waals surface area contributed by atoms with Crippen LogP contribution in [0.5, 0.6) is 0 Å². The summed E-state index contributed by atoms with van der Waals surface area (Å²) in [5.41, 5.74) is 0. The van der Waals surface area contributed by atoms with Gasteiger partial charge in [-0.2, -0.15) is 0 Å². The lowest BCUT2D eigenvalue weighted by Gasteiger charge is -2.19. The Labute approximate surface area is 77.6 Å². The van der Waals surface area contributed by atoms with E-state index >= 15 is 0 Å². The van der Waals surface area contributed by atoms with Crippen molar-refractivity contribution < 1.29 is 14.3 Å². The van der Waals surface area contributed by atoms with Gasteiger partial charge in [-0.25, -0.2) is 0 Å². The number of hydrogen-bond acceptors (Lipinski definition) is 3. The summed E-state index contributed by atoms with van der Waals surface area (Å²) in [4.78, 5) is 11.2. The first-order chi connectivity index (χ1) is 6.29. The predicted octanol–water partition coefficient (Wildman–Crippen LogP) is 0.0689. The fourth-order valence-electron chi connectivity index (χ4n) is 2.17. The minimum atomic E-state index is -0.0383. The van der Waals surface area contributed by atoms with Crippen molar-refractivity contribution in [2.75, 3.05) is 13.7 Å². The van der Waals surface area contributed by atoms with Crippen LogP contribution in [0.2, 0.25) is 0 Å². The van der Waals surface area contributed by atoms with Crippen molar-refractivity contribution in [2.45, 2.75) is 37.5 Å². The second kappa shape index (κ2) is 3.64. The molecule has 13 heavy (non-hydrogen) atoms. The monoisotopic (exact) mass is 185 g/mol. The molecule has 0 aromatic heterocycles. The van der Waals surface area contributed by atoms with Crippen LogP contribution >= 0.6 is 0 Å². The van der Waals surface area contributed by atoms with Crippen LogP contribution in [0, 0.1) is 0 Å². The van der Waals surface area contributed by atoms with E-state index in [-0.39, 0.29) is 24.7 Å². The Morgan fingerprint density at radius 2 is 2.46 bits per heavy atom. The fourth-order valence-corrected chi connectivity index (χ4v) is 2.17. The van der Waals surface area contributed by atoms with Gasteiger partial charge in [-0.15, -0.1) is 0 Å². The van der Waals surface area contributed by atoms with E-state index in [0.29, 0.717) is 6.10 Å². The molecule has 0 spiro atoms. The Kier molecular flexibility index (Phi) is 2.51. The number of fused-ring (bicyclic) bond motifs is 2. The maximum atomic E-state index is 11.2. The Bertz CT molecular complexity index is 207. The van der Waals surface area contributed by atoms with E-state index in [4.69, 9.17) is 9.47 Å². The van der Waals surface area contributed by atoms with Crippen molar-refractivity contribution in [3.63, 3.8) is 0 Å². The molecule has 74 valence electrons. The van der Waals surface area contributed by atoms with Crippen molar-refractivity contribution in [3.05, 3.63) is 0 Å².